The number of benzene rings is 1. The van der Waals surface area contributed by atoms with Crippen LogP contribution >= 0.6 is 11.6 Å². The standard InChI is InChI=1S/C19H29ClN4O3/c1-21-19(23-9-5-12-26-14-15-6-4-13-27-15)24-11-10-22-18(25)16-7-2-3-8-17(16)20/h2-3,7-8,15H,4-6,9-14H2,1H3,(H,22,25)(H2,21,23,24). The van der Waals surface area contributed by atoms with Crippen LogP contribution in [0.15, 0.2) is 29.3 Å². The molecular formula is C19H29ClN4O3. The SMILES string of the molecule is CN=C(NCCCOCC1CCCO1)NCCNC(=O)c1ccccc1Cl. The molecule has 0 spiro atoms. The van der Waals surface area contributed by atoms with Crippen LogP contribution in [0.2, 0.25) is 5.02 Å². The average molecular weight is 397 g/mol. The van der Waals surface area contributed by atoms with Crippen LogP contribution < -0.4 is 16.0 Å². The van der Waals surface area contributed by atoms with E-state index in [2.05, 4.69) is 20.9 Å². The van der Waals surface area contributed by atoms with Gasteiger partial charge in [-0.3, -0.25) is 9.79 Å². The number of rotatable bonds is 10. The minimum Gasteiger partial charge on any atom is -0.379 e. The van der Waals surface area contributed by atoms with Crippen molar-refractivity contribution in [3.63, 3.8) is 0 Å². The lowest BCUT2D eigenvalue weighted by Gasteiger charge is -2.13. The number of aliphatic imine (C=N–C) groups is 1. The number of hydrogen-bond acceptors (Lipinski definition) is 4. The third-order valence-corrected chi connectivity index (χ3v) is 4.46. The van der Waals surface area contributed by atoms with E-state index >= 15 is 0 Å². The monoisotopic (exact) mass is 396 g/mol. The Hall–Kier alpha value is -1.83. The minimum atomic E-state index is -0.186. The van der Waals surface area contributed by atoms with Crippen LogP contribution in [0.1, 0.15) is 29.6 Å². The first-order chi connectivity index (χ1) is 13.2. The normalized spacial score (nSPS) is 17.0. The summed E-state index contributed by atoms with van der Waals surface area (Å²) in [7, 11) is 1.71. The molecule has 0 aromatic heterocycles. The van der Waals surface area contributed by atoms with E-state index in [-0.39, 0.29) is 12.0 Å². The number of guanidine groups is 1. The predicted octanol–water partition coefficient (Wildman–Crippen LogP) is 1.82. The molecule has 150 valence electrons. The van der Waals surface area contributed by atoms with Crippen molar-refractivity contribution in [1.82, 2.24) is 16.0 Å². The molecule has 1 amide bonds. The second-order valence-corrected chi connectivity index (χ2v) is 6.63. The van der Waals surface area contributed by atoms with Crippen molar-refractivity contribution in [2.75, 3.05) is 46.5 Å². The summed E-state index contributed by atoms with van der Waals surface area (Å²) in [5.41, 5.74) is 0.477. The first-order valence-corrected chi connectivity index (χ1v) is 9.75. The van der Waals surface area contributed by atoms with Crippen LogP contribution in [0.3, 0.4) is 0 Å². The molecule has 8 heteroatoms. The highest BCUT2D eigenvalue weighted by Crippen LogP contribution is 2.14. The van der Waals surface area contributed by atoms with Gasteiger partial charge in [0.2, 0.25) is 0 Å². The van der Waals surface area contributed by atoms with Gasteiger partial charge in [0.1, 0.15) is 0 Å². The topological polar surface area (TPSA) is 84.0 Å². The molecule has 2 rings (SSSR count). The zero-order valence-corrected chi connectivity index (χ0v) is 16.6. The third-order valence-electron chi connectivity index (χ3n) is 4.13. The lowest BCUT2D eigenvalue weighted by atomic mass is 10.2. The first-order valence-electron chi connectivity index (χ1n) is 9.37. The summed E-state index contributed by atoms with van der Waals surface area (Å²) >= 11 is 6.01. The molecule has 1 aliphatic rings. The number of carbonyl (C=O) groups excluding carboxylic acids is 1. The fraction of sp³-hybridized carbons (Fsp3) is 0.579. The number of nitrogens with one attached hydrogen (secondary N) is 3. The van der Waals surface area contributed by atoms with E-state index in [0.717, 1.165) is 32.4 Å². The molecule has 0 aliphatic carbocycles. The first kappa shape index (κ1) is 21.5. The van der Waals surface area contributed by atoms with E-state index in [9.17, 15) is 4.79 Å². The van der Waals surface area contributed by atoms with Crippen LogP contribution in [0, 0.1) is 0 Å². The number of halogens is 1. The number of ether oxygens (including phenoxy) is 2. The Bertz CT molecular complexity index is 606. The molecule has 27 heavy (non-hydrogen) atoms. The summed E-state index contributed by atoms with van der Waals surface area (Å²) in [6, 6.07) is 6.98. The van der Waals surface area contributed by atoms with Gasteiger partial charge in [0.15, 0.2) is 5.96 Å². The number of amides is 1. The summed E-state index contributed by atoms with van der Waals surface area (Å²) < 4.78 is 11.1. The summed E-state index contributed by atoms with van der Waals surface area (Å²) in [6.45, 7) is 4.02. The van der Waals surface area contributed by atoms with Crippen molar-refractivity contribution in [3.8, 4) is 0 Å². The van der Waals surface area contributed by atoms with Crippen molar-refractivity contribution in [2.24, 2.45) is 4.99 Å². The Morgan fingerprint density at radius 2 is 2.04 bits per heavy atom. The van der Waals surface area contributed by atoms with E-state index in [1.165, 1.54) is 0 Å². The van der Waals surface area contributed by atoms with E-state index < -0.39 is 0 Å². The maximum Gasteiger partial charge on any atom is 0.252 e. The summed E-state index contributed by atoms with van der Waals surface area (Å²) in [6.07, 6.45) is 3.39. The zero-order valence-electron chi connectivity index (χ0n) is 15.8. The van der Waals surface area contributed by atoms with Gasteiger partial charge in [-0.25, -0.2) is 0 Å². The van der Waals surface area contributed by atoms with Crippen LogP contribution in [-0.2, 0) is 9.47 Å². The maximum absolute atomic E-state index is 12.1. The quantitative estimate of drug-likeness (QED) is 0.319. The Kier molecular flexibility index (Phi) is 9.97. The Labute approximate surface area is 165 Å². The van der Waals surface area contributed by atoms with Crippen molar-refractivity contribution in [1.29, 1.82) is 0 Å². The van der Waals surface area contributed by atoms with Crippen molar-refractivity contribution < 1.29 is 14.3 Å². The predicted molar refractivity (Wildman–Crippen MR) is 108 cm³/mol. The van der Waals surface area contributed by atoms with Gasteiger partial charge in [0.25, 0.3) is 5.91 Å². The molecule has 1 unspecified atom stereocenters. The van der Waals surface area contributed by atoms with Gasteiger partial charge >= 0.3 is 0 Å². The van der Waals surface area contributed by atoms with Crippen molar-refractivity contribution in [2.45, 2.75) is 25.4 Å². The van der Waals surface area contributed by atoms with Crippen LogP contribution in [0.25, 0.3) is 0 Å². The molecule has 1 aliphatic heterocycles. The molecule has 0 bridgehead atoms. The molecule has 1 saturated heterocycles. The summed E-state index contributed by atoms with van der Waals surface area (Å²) in [5, 5.41) is 9.65. The molecule has 0 saturated carbocycles. The molecule has 0 radical (unpaired) electrons. The van der Waals surface area contributed by atoms with Gasteiger partial charge in [-0.1, -0.05) is 23.7 Å². The highest BCUT2D eigenvalue weighted by atomic mass is 35.5. The van der Waals surface area contributed by atoms with Gasteiger partial charge < -0.3 is 25.4 Å². The molecule has 1 atom stereocenters. The maximum atomic E-state index is 12.1. The molecule has 1 aromatic rings. The Morgan fingerprint density at radius 3 is 2.78 bits per heavy atom. The highest BCUT2D eigenvalue weighted by molar-refractivity contribution is 6.33. The lowest BCUT2D eigenvalue weighted by Crippen LogP contribution is -2.42. The van der Waals surface area contributed by atoms with Gasteiger partial charge in [0.05, 0.1) is 23.3 Å². The van der Waals surface area contributed by atoms with E-state index in [0.29, 0.717) is 42.8 Å². The number of carbonyl (C=O) groups is 1. The van der Waals surface area contributed by atoms with Gasteiger partial charge in [-0.2, -0.15) is 0 Å². The molecular weight excluding hydrogens is 368 g/mol. The van der Waals surface area contributed by atoms with Gasteiger partial charge in [0, 0.05) is 39.9 Å². The molecule has 1 fully saturated rings. The molecule has 3 N–H and O–H groups in total. The molecule has 1 heterocycles. The van der Waals surface area contributed by atoms with Gasteiger partial charge in [-0.15, -0.1) is 0 Å². The molecule has 1 aromatic carbocycles. The summed E-state index contributed by atoms with van der Waals surface area (Å²) in [5.74, 6) is 0.509. The Morgan fingerprint density at radius 1 is 1.26 bits per heavy atom. The van der Waals surface area contributed by atoms with Crippen LogP contribution in [-0.4, -0.2) is 64.5 Å². The van der Waals surface area contributed by atoms with Crippen LogP contribution in [0.5, 0.6) is 0 Å². The largest absolute Gasteiger partial charge is 0.379 e. The fourth-order valence-electron chi connectivity index (χ4n) is 2.69. The van der Waals surface area contributed by atoms with Crippen molar-refractivity contribution in [3.05, 3.63) is 34.9 Å². The second-order valence-electron chi connectivity index (χ2n) is 6.23. The van der Waals surface area contributed by atoms with E-state index in [4.69, 9.17) is 21.1 Å². The fourth-order valence-corrected chi connectivity index (χ4v) is 2.91. The minimum absolute atomic E-state index is 0.186. The third kappa shape index (κ3) is 8.15. The number of nitrogens with zero attached hydrogens (tertiary/aromatic N) is 1. The highest BCUT2D eigenvalue weighted by Gasteiger charge is 2.14. The smallest absolute Gasteiger partial charge is 0.252 e. The molecule has 7 nitrogen and oxygen atoms in total. The van der Waals surface area contributed by atoms with Crippen molar-refractivity contribution >= 4 is 23.5 Å². The van der Waals surface area contributed by atoms with Gasteiger partial charge in [-0.05, 0) is 31.4 Å². The Balaban J connectivity index is 1.51. The zero-order chi connectivity index (χ0) is 19.3. The number of hydrogen-bond donors (Lipinski definition) is 3. The average Bonchev–Trinajstić information content (AvgIpc) is 3.19. The summed E-state index contributed by atoms with van der Waals surface area (Å²) in [4.78, 5) is 16.2. The lowest BCUT2D eigenvalue weighted by molar-refractivity contribution is 0.0168. The van der Waals surface area contributed by atoms with E-state index in [1.54, 1.807) is 31.3 Å². The second kappa shape index (κ2) is 12.5. The van der Waals surface area contributed by atoms with E-state index in [1.807, 2.05) is 0 Å². The van der Waals surface area contributed by atoms with Crippen LogP contribution in [0.4, 0.5) is 0 Å².